The van der Waals surface area contributed by atoms with E-state index in [1.54, 1.807) is 18.2 Å². The van der Waals surface area contributed by atoms with Crippen molar-refractivity contribution in [1.82, 2.24) is 4.72 Å². The fourth-order valence-corrected chi connectivity index (χ4v) is 7.47. The van der Waals surface area contributed by atoms with Crippen LogP contribution >= 0.6 is 31.9 Å². The molecular formula is C14H15Br2NO2S. The molecule has 1 aromatic carbocycles. The molecule has 3 aliphatic rings. The first-order valence-corrected chi connectivity index (χ1v) is 10.0. The van der Waals surface area contributed by atoms with Crippen LogP contribution in [0.2, 0.25) is 0 Å². The minimum absolute atomic E-state index is 0.182. The van der Waals surface area contributed by atoms with Gasteiger partial charge in [0.25, 0.3) is 0 Å². The summed E-state index contributed by atoms with van der Waals surface area (Å²) in [7, 11) is -3.42. The molecule has 3 aliphatic carbocycles. The molecule has 4 rings (SSSR count). The molecule has 4 atom stereocenters. The summed E-state index contributed by atoms with van der Waals surface area (Å²) >= 11 is 6.69. The lowest BCUT2D eigenvalue weighted by Crippen LogP contribution is -2.30. The fourth-order valence-electron chi connectivity index (χ4n) is 4.42. The van der Waals surface area contributed by atoms with Gasteiger partial charge in [-0.3, -0.25) is 0 Å². The molecule has 0 aliphatic heterocycles. The van der Waals surface area contributed by atoms with E-state index in [2.05, 4.69) is 36.6 Å². The third-order valence-electron chi connectivity index (χ3n) is 5.21. The third-order valence-corrected chi connectivity index (χ3v) is 8.14. The van der Waals surface area contributed by atoms with Crippen LogP contribution in [0.5, 0.6) is 0 Å². The third kappa shape index (κ3) is 2.02. The van der Waals surface area contributed by atoms with Crippen LogP contribution in [0.25, 0.3) is 0 Å². The Morgan fingerprint density at radius 3 is 2.35 bits per heavy atom. The van der Waals surface area contributed by atoms with E-state index in [0.29, 0.717) is 21.2 Å². The maximum Gasteiger partial charge on any atom is 0.241 e. The van der Waals surface area contributed by atoms with Crippen LogP contribution in [-0.2, 0) is 10.0 Å². The smallest absolute Gasteiger partial charge is 0.207 e. The van der Waals surface area contributed by atoms with Gasteiger partial charge in [0.15, 0.2) is 0 Å². The molecular weight excluding hydrogens is 406 g/mol. The van der Waals surface area contributed by atoms with Gasteiger partial charge in [0.1, 0.15) is 0 Å². The lowest BCUT2D eigenvalue weighted by atomic mass is 10.0. The average Bonchev–Trinajstić information content (AvgIpc) is 2.78. The predicted octanol–water partition coefficient (Wildman–Crippen LogP) is 3.53. The zero-order chi connectivity index (χ0) is 14.1. The molecule has 0 radical (unpaired) electrons. The maximum absolute atomic E-state index is 12.5. The van der Waals surface area contributed by atoms with E-state index >= 15 is 0 Å². The summed E-state index contributed by atoms with van der Waals surface area (Å²) in [4.78, 5) is 0.332. The molecule has 0 aromatic heterocycles. The standard InChI is InChI=1S/C14H15Br2NO2S/c15-9-3-4-11(10(16)6-9)20(18,19)17-14-12-7-1-2-8(5-7)13(12)14/h3-4,6-8,12-14,17H,1-2,5H2. The Balaban J connectivity index is 1.57. The van der Waals surface area contributed by atoms with Crippen molar-refractivity contribution >= 4 is 41.9 Å². The van der Waals surface area contributed by atoms with Crippen LogP contribution in [-0.4, -0.2) is 14.5 Å². The first kappa shape index (κ1) is 13.7. The summed E-state index contributed by atoms with van der Waals surface area (Å²) in [6.45, 7) is 0. The Hall–Kier alpha value is 0.0900. The molecule has 2 bridgehead atoms. The second-order valence-electron chi connectivity index (χ2n) is 6.21. The van der Waals surface area contributed by atoms with Gasteiger partial charge >= 0.3 is 0 Å². The monoisotopic (exact) mass is 419 g/mol. The lowest BCUT2D eigenvalue weighted by Gasteiger charge is -2.12. The zero-order valence-corrected chi connectivity index (χ0v) is 14.7. The summed E-state index contributed by atoms with van der Waals surface area (Å²) < 4.78 is 29.5. The highest BCUT2D eigenvalue weighted by atomic mass is 79.9. The highest BCUT2D eigenvalue weighted by Crippen LogP contribution is 2.65. The van der Waals surface area contributed by atoms with Gasteiger partial charge in [0.2, 0.25) is 10.0 Å². The first-order chi connectivity index (χ1) is 9.47. The van der Waals surface area contributed by atoms with Crippen molar-refractivity contribution < 1.29 is 8.42 Å². The number of sulfonamides is 1. The van der Waals surface area contributed by atoms with Crippen LogP contribution in [0.4, 0.5) is 0 Å². The molecule has 4 unspecified atom stereocenters. The first-order valence-electron chi connectivity index (χ1n) is 6.95. The van der Waals surface area contributed by atoms with Crippen LogP contribution in [0.1, 0.15) is 19.3 Å². The zero-order valence-electron chi connectivity index (χ0n) is 10.7. The molecule has 0 amide bonds. The topological polar surface area (TPSA) is 46.2 Å². The molecule has 3 fully saturated rings. The molecule has 3 nitrogen and oxygen atoms in total. The van der Waals surface area contributed by atoms with Crippen molar-refractivity contribution in [3.05, 3.63) is 27.1 Å². The van der Waals surface area contributed by atoms with Crippen molar-refractivity contribution in [2.24, 2.45) is 23.7 Å². The molecule has 0 saturated heterocycles. The number of halogens is 2. The van der Waals surface area contributed by atoms with E-state index < -0.39 is 10.0 Å². The second kappa shape index (κ2) is 4.54. The number of fused-ring (bicyclic) bond motifs is 5. The highest BCUT2D eigenvalue weighted by molar-refractivity contribution is 9.11. The minimum Gasteiger partial charge on any atom is -0.207 e. The number of hydrogen-bond acceptors (Lipinski definition) is 2. The summed E-state index contributed by atoms with van der Waals surface area (Å²) in [5.74, 6) is 2.76. The van der Waals surface area contributed by atoms with Crippen molar-refractivity contribution in [1.29, 1.82) is 0 Å². The van der Waals surface area contributed by atoms with E-state index in [0.717, 1.165) is 16.3 Å². The Bertz CT molecular complexity index is 660. The largest absolute Gasteiger partial charge is 0.241 e. The Morgan fingerprint density at radius 2 is 1.75 bits per heavy atom. The van der Waals surface area contributed by atoms with Gasteiger partial charge in [-0.25, -0.2) is 13.1 Å². The molecule has 6 heteroatoms. The van der Waals surface area contributed by atoms with Gasteiger partial charge in [-0.15, -0.1) is 0 Å². The van der Waals surface area contributed by atoms with Gasteiger partial charge in [0, 0.05) is 15.0 Å². The van der Waals surface area contributed by atoms with Gasteiger partial charge in [0.05, 0.1) is 4.90 Å². The van der Waals surface area contributed by atoms with Crippen LogP contribution in [0.15, 0.2) is 32.0 Å². The Kier molecular flexibility index (Phi) is 3.12. The van der Waals surface area contributed by atoms with Crippen LogP contribution in [0, 0.1) is 23.7 Å². The molecule has 3 saturated carbocycles. The molecule has 1 N–H and O–H groups in total. The van der Waals surface area contributed by atoms with Gasteiger partial charge in [-0.1, -0.05) is 15.9 Å². The van der Waals surface area contributed by atoms with Crippen molar-refractivity contribution in [2.45, 2.75) is 30.2 Å². The number of hydrogen-bond donors (Lipinski definition) is 1. The van der Waals surface area contributed by atoms with Crippen molar-refractivity contribution in [3.63, 3.8) is 0 Å². The van der Waals surface area contributed by atoms with E-state index in [4.69, 9.17) is 0 Å². The maximum atomic E-state index is 12.5. The van der Waals surface area contributed by atoms with Crippen molar-refractivity contribution in [3.8, 4) is 0 Å². The molecule has 108 valence electrons. The quantitative estimate of drug-likeness (QED) is 0.812. The van der Waals surface area contributed by atoms with Gasteiger partial charge in [-0.2, -0.15) is 0 Å². The van der Waals surface area contributed by atoms with Gasteiger partial charge < -0.3 is 0 Å². The molecule has 0 heterocycles. The molecule has 0 spiro atoms. The predicted molar refractivity (Wildman–Crippen MR) is 83.8 cm³/mol. The number of benzene rings is 1. The van der Waals surface area contributed by atoms with E-state index in [1.165, 1.54) is 19.3 Å². The van der Waals surface area contributed by atoms with Crippen molar-refractivity contribution in [2.75, 3.05) is 0 Å². The van der Waals surface area contributed by atoms with E-state index in [-0.39, 0.29) is 6.04 Å². The normalized spacial score (nSPS) is 38.0. The summed E-state index contributed by atoms with van der Waals surface area (Å²) in [5, 5.41) is 0. The summed E-state index contributed by atoms with van der Waals surface area (Å²) in [5.41, 5.74) is 0. The minimum atomic E-state index is -3.42. The molecule has 20 heavy (non-hydrogen) atoms. The highest BCUT2D eigenvalue weighted by Gasteiger charge is 2.65. The SMILES string of the molecule is O=S(=O)(NC1C2C3CCC(C3)C12)c1ccc(Br)cc1Br. The second-order valence-corrected chi connectivity index (χ2v) is 9.66. The molecule has 1 aromatic rings. The summed E-state index contributed by atoms with van der Waals surface area (Å²) in [6, 6.07) is 5.35. The summed E-state index contributed by atoms with van der Waals surface area (Å²) in [6.07, 6.45) is 3.92. The fraction of sp³-hybridized carbons (Fsp3) is 0.571. The van der Waals surface area contributed by atoms with E-state index in [9.17, 15) is 8.42 Å². The Morgan fingerprint density at radius 1 is 1.10 bits per heavy atom. The van der Waals surface area contributed by atoms with Crippen LogP contribution < -0.4 is 4.72 Å². The lowest BCUT2D eigenvalue weighted by molar-refractivity contribution is 0.456. The number of nitrogens with one attached hydrogen (secondary N) is 1. The Labute approximate surface area is 135 Å². The number of rotatable bonds is 3. The van der Waals surface area contributed by atoms with E-state index in [1.807, 2.05) is 0 Å². The average molecular weight is 421 g/mol. The van der Waals surface area contributed by atoms with Gasteiger partial charge in [-0.05, 0) is 77.1 Å². The van der Waals surface area contributed by atoms with Crippen LogP contribution in [0.3, 0.4) is 0 Å².